The van der Waals surface area contributed by atoms with Crippen LogP contribution in [0, 0.1) is 5.92 Å². The Kier molecular flexibility index (Phi) is 5.22. The Balaban J connectivity index is 2.09. The zero-order valence-corrected chi connectivity index (χ0v) is 9.28. The van der Waals surface area contributed by atoms with Gasteiger partial charge in [0.1, 0.15) is 0 Å². The molecule has 1 aliphatic heterocycles. The van der Waals surface area contributed by atoms with Gasteiger partial charge < -0.3 is 10.0 Å². The molecule has 0 aromatic heterocycles. The van der Waals surface area contributed by atoms with Crippen LogP contribution in [0.25, 0.3) is 0 Å². The van der Waals surface area contributed by atoms with Crippen LogP contribution in [-0.2, 0) is 0 Å². The second-order valence-corrected chi connectivity index (χ2v) is 4.92. The van der Waals surface area contributed by atoms with Crippen molar-refractivity contribution in [2.24, 2.45) is 5.92 Å². The highest BCUT2D eigenvalue weighted by Gasteiger charge is 2.29. The van der Waals surface area contributed by atoms with E-state index in [4.69, 9.17) is 5.11 Å². The molecule has 1 saturated heterocycles. The summed E-state index contributed by atoms with van der Waals surface area (Å²) in [5.74, 6) is 0.570. The van der Waals surface area contributed by atoms with Crippen molar-refractivity contribution in [2.45, 2.75) is 18.3 Å². The molecule has 1 unspecified atom stereocenters. The van der Waals surface area contributed by atoms with E-state index in [2.05, 4.69) is 0 Å². The molecular formula is C9H16F3NOS. The maximum Gasteiger partial charge on any atom is 0.441 e. The summed E-state index contributed by atoms with van der Waals surface area (Å²) >= 11 is 0.0440. The van der Waals surface area contributed by atoms with E-state index in [-0.39, 0.29) is 24.1 Å². The van der Waals surface area contributed by atoms with Gasteiger partial charge in [0.15, 0.2) is 0 Å². The third-order valence-corrected chi connectivity index (χ3v) is 3.29. The predicted octanol–water partition coefficient (Wildman–Crippen LogP) is 1.94. The molecule has 0 aromatic carbocycles. The molecule has 90 valence electrons. The Morgan fingerprint density at radius 3 is 2.73 bits per heavy atom. The van der Waals surface area contributed by atoms with Crippen molar-refractivity contribution in [1.29, 1.82) is 0 Å². The molecule has 1 N–H and O–H groups in total. The highest BCUT2D eigenvalue weighted by atomic mass is 32.2. The summed E-state index contributed by atoms with van der Waals surface area (Å²) in [6.07, 6.45) is 1.76. The molecule has 0 aliphatic carbocycles. The van der Waals surface area contributed by atoms with Crippen molar-refractivity contribution in [3.63, 3.8) is 0 Å². The molecule has 0 bridgehead atoms. The van der Waals surface area contributed by atoms with E-state index in [1.54, 1.807) is 0 Å². The SMILES string of the molecule is OCCC1CCN(CCSC(F)(F)F)C1. The van der Waals surface area contributed by atoms with Gasteiger partial charge in [0, 0.05) is 25.4 Å². The van der Waals surface area contributed by atoms with Crippen molar-refractivity contribution in [3.05, 3.63) is 0 Å². The highest BCUT2D eigenvalue weighted by Crippen LogP contribution is 2.30. The fourth-order valence-corrected chi connectivity index (χ4v) is 2.41. The number of alkyl halides is 3. The molecule has 0 radical (unpaired) electrons. The van der Waals surface area contributed by atoms with E-state index >= 15 is 0 Å². The number of thioether (sulfide) groups is 1. The van der Waals surface area contributed by atoms with Crippen LogP contribution in [0.1, 0.15) is 12.8 Å². The van der Waals surface area contributed by atoms with Crippen LogP contribution in [0.2, 0.25) is 0 Å². The molecule has 0 spiro atoms. The number of nitrogens with zero attached hydrogens (tertiary/aromatic N) is 1. The van der Waals surface area contributed by atoms with Crippen LogP contribution in [0.4, 0.5) is 13.2 Å². The molecule has 1 rings (SSSR count). The Bertz CT molecular complexity index is 189. The fourth-order valence-electron chi connectivity index (χ4n) is 1.82. The zero-order chi connectivity index (χ0) is 11.3. The summed E-state index contributed by atoms with van der Waals surface area (Å²) in [4.78, 5) is 2.04. The normalized spacial score (nSPS) is 23.6. The number of hydrogen-bond donors (Lipinski definition) is 1. The Labute approximate surface area is 91.8 Å². The van der Waals surface area contributed by atoms with Crippen LogP contribution in [0.5, 0.6) is 0 Å². The van der Waals surface area contributed by atoms with Gasteiger partial charge in [-0.2, -0.15) is 13.2 Å². The number of hydrogen-bond acceptors (Lipinski definition) is 3. The molecule has 15 heavy (non-hydrogen) atoms. The molecule has 6 heteroatoms. The van der Waals surface area contributed by atoms with Gasteiger partial charge in [0.2, 0.25) is 0 Å². The minimum absolute atomic E-state index is 0.0440. The molecule has 0 saturated carbocycles. The van der Waals surface area contributed by atoms with Crippen LogP contribution in [0.3, 0.4) is 0 Å². The maximum atomic E-state index is 11.8. The molecule has 2 nitrogen and oxygen atoms in total. The first-order valence-corrected chi connectivity index (χ1v) is 6.04. The third kappa shape index (κ3) is 5.63. The van der Waals surface area contributed by atoms with Crippen molar-refractivity contribution in [3.8, 4) is 0 Å². The first kappa shape index (κ1) is 13.1. The summed E-state index contributed by atoms with van der Waals surface area (Å²) in [7, 11) is 0. The van der Waals surface area contributed by atoms with Crippen LogP contribution >= 0.6 is 11.8 Å². The predicted molar refractivity (Wildman–Crippen MR) is 54.8 cm³/mol. The van der Waals surface area contributed by atoms with Crippen molar-refractivity contribution in [2.75, 3.05) is 32.0 Å². The van der Waals surface area contributed by atoms with Crippen molar-refractivity contribution < 1.29 is 18.3 Å². The Hall–Kier alpha value is 0.0600. The van der Waals surface area contributed by atoms with E-state index in [9.17, 15) is 13.2 Å². The van der Waals surface area contributed by atoms with Crippen molar-refractivity contribution in [1.82, 2.24) is 4.90 Å². The van der Waals surface area contributed by atoms with Gasteiger partial charge in [-0.1, -0.05) is 0 Å². The van der Waals surface area contributed by atoms with Gasteiger partial charge in [-0.25, -0.2) is 0 Å². The third-order valence-electron chi connectivity index (χ3n) is 2.58. The summed E-state index contributed by atoms with van der Waals surface area (Å²) < 4.78 is 35.5. The van der Waals surface area contributed by atoms with Crippen molar-refractivity contribution >= 4 is 11.8 Å². The average Bonchev–Trinajstić information content (AvgIpc) is 2.51. The second kappa shape index (κ2) is 5.96. The highest BCUT2D eigenvalue weighted by molar-refractivity contribution is 8.00. The number of rotatable bonds is 5. The number of aliphatic hydroxyl groups is 1. The minimum atomic E-state index is -4.11. The lowest BCUT2D eigenvalue weighted by atomic mass is 10.1. The summed E-state index contributed by atoms with van der Waals surface area (Å²) in [6, 6.07) is 0. The fraction of sp³-hybridized carbons (Fsp3) is 1.00. The number of halogens is 3. The van der Waals surface area contributed by atoms with E-state index in [0.29, 0.717) is 12.5 Å². The monoisotopic (exact) mass is 243 g/mol. The summed E-state index contributed by atoms with van der Waals surface area (Å²) in [6.45, 7) is 2.37. The van der Waals surface area contributed by atoms with Gasteiger partial charge >= 0.3 is 5.51 Å². The molecule has 1 fully saturated rings. The first-order valence-electron chi connectivity index (χ1n) is 5.05. The number of aliphatic hydroxyl groups excluding tert-OH is 1. The Morgan fingerprint density at radius 1 is 1.40 bits per heavy atom. The Morgan fingerprint density at radius 2 is 2.13 bits per heavy atom. The maximum absolute atomic E-state index is 11.8. The van der Waals surface area contributed by atoms with E-state index < -0.39 is 5.51 Å². The molecular weight excluding hydrogens is 227 g/mol. The lowest BCUT2D eigenvalue weighted by Gasteiger charge is -2.15. The largest absolute Gasteiger partial charge is 0.441 e. The summed E-state index contributed by atoms with van der Waals surface area (Å²) in [5, 5.41) is 8.72. The lowest BCUT2D eigenvalue weighted by Crippen LogP contribution is -2.24. The molecule has 0 amide bonds. The van der Waals surface area contributed by atoms with E-state index in [0.717, 1.165) is 25.9 Å². The van der Waals surface area contributed by atoms with Crippen LogP contribution in [-0.4, -0.2) is 47.5 Å². The zero-order valence-electron chi connectivity index (χ0n) is 8.46. The first-order chi connectivity index (χ1) is 7.01. The van der Waals surface area contributed by atoms with Crippen LogP contribution < -0.4 is 0 Å². The topological polar surface area (TPSA) is 23.5 Å². The summed E-state index contributed by atoms with van der Waals surface area (Å²) in [5.41, 5.74) is -4.11. The second-order valence-electron chi connectivity index (χ2n) is 3.76. The van der Waals surface area contributed by atoms with Crippen LogP contribution in [0.15, 0.2) is 0 Å². The lowest BCUT2D eigenvalue weighted by molar-refractivity contribution is -0.0328. The molecule has 1 heterocycles. The number of likely N-dealkylation sites (tertiary alicyclic amines) is 1. The van der Waals surface area contributed by atoms with E-state index in [1.807, 2.05) is 4.90 Å². The standard InChI is InChI=1S/C9H16F3NOS/c10-9(11,12)15-6-4-13-3-1-8(7-13)2-5-14/h8,14H,1-7H2. The minimum Gasteiger partial charge on any atom is -0.396 e. The van der Waals surface area contributed by atoms with Gasteiger partial charge in [-0.05, 0) is 37.1 Å². The molecule has 1 atom stereocenters. The van der Waals surface area contributed by atoms with E-state index in [1.165, 1.54) is 0 Å². The smallest absolute Gasteiger partial charge is 0.396 e. The van der Waals surface area contributed by atoms with Gasteiger partial charge in [0.05, 0.1) is 0 Å². The van der Waals surface area contributed by atoms with Gasteiger partial charge in [-0.15, -0.1) is 0 Å². The average molecular weight is 243 g/mol. The quantitative estimate of drug-likeness (QED) is 0.798. The van der Waals surface area contributed by atoms with Gasteiger partial charge in [-0.3, -0.25) is 0 Å². The van der Waals surface area contributed by atoms with Gasteiger partial charge in [0.25, 0.3) is 0 Å². The molecule has 0 aromatic rings. The molecule has 1 aliphatic rings.